The van der Waals surface area contributed by atoms with Crippen LogP contribution in [0.25, 0.3) is 16.6 Å². The van der Waals surface area contributed by atoms with Gasteiger partial charge in [0.15, 0.2) is 0 Å². The van der Waals surface area contributed by atoms with E-state index in [1.807, 2.05) is 0 Å². The van der Waals surface area contributed by atoms with E-state index >= 15 is 0 Å². The Balaban J connectivity index is 2.27. The van der Waals surface area contributed by atoms with Gasteiger partial charge < -0.3 is 4.40 Å². The molecule has 0 aliphatic rings. The molecule has 0 saturated carbocycles. The van der Waals surface area contributed by atoms with Crippen molar-refractivity contribution in [3.63, 3.8) is 0 Å². The highest BCUT2D eigenvalue weighted by Crippen LogP contribution is 2.28. The lowest BCUT2D eigenvalue weighted by molar-refractivity contribution is 1.14. The smallest absolute Gasteiger partial charge is 0.0528 e. The number of hydrogen-bond acceptors (Lipinski definition) is 0. The average Bonchev–Trinajstić information content (AvgIpc) is 2.82. The van der Waals surface area contributed by atoms with Crippen molar-refractivity contribution in [3.05, 3.63) is 66.5 Å². The Morgan fingerprint density at radius 2 is 1.65 bits per heavy atom. The van der Waals surface area contributed by atoms with E-state index in [9.17, 15) is 0 Å². The maximum atomic E-state index is 2.21. The molecule has 1 aromatic carbocycles. The van der Waals surface area contributed by atoms with E-state index in [-0.39, 0.29) is 0 Å². The summed E-state index contributed by atoms with van der Waals surface area (Å²) in [5.41, 5.74) is 5.35. The van der Waals surface area contributed by atoms with E-state index in [1.165, 1.54) is 22.2 Å². The van der Waals surface area contributed by atoms with Gasteiger partial charge in [-0.2, -0.15) is 0 Å². The van der Waals surface area contributed by atoms with Crippen LogP contribution >= 0.6 is 0 Å². The van der Waals surface area contributed by atoms with Crippen molar-refractivity contribution in [1.82, 2.24) is 4.40 Å². The van der Waals surface area contributed by atoms with Gasteiger partial charge in [0, 0.05) is 18.0 Å². The number of fused-ring (bicyclic) bond motifs is 1. The minimum Gasteiger partial charge on any atom is -0.323 e. The lowest BCUT2D eigenvalue weighted by Gasteiger charge is -2.06. The standard InChI is InChI=1S/C16H15N/c1-2-13-7-3-4-8-14(13)15-10-12-17-11-6-5-9-16(15)17/h3-12H,2H2,1H3. The number of aromatic nitrogens is 1. The van der Waals surface area contributed by atoms with Gasteiger partial charge in [0.25, 0.3) is 0 Å². The van der Waals surface area contributed by atoms with E-state index in [2.05, 4.69) is 72.2 Å². The van der Waals surface area contributed by atoms with Gasteiger partial charge in [-0.1, -0.05) is 37.3 Å². The monoisotopic (exact) mass is 221 g/mol. The normalized spacial score (nSPS) is 10.9. The lowest BCUT2D eigenvalue weighted by atomic mass is 9.99. The van der Waals surface area contributed by atoms with Crippen LogP contribution in [0.2, 0.25) is 0 Å². The topological polar surface area (TPSA) is 4.41 Å². The van der Waals surface area contributed by atoms with E-state index in [0.29, 0.717) is 0 Å². The van der Waals surface area contributed by atoms with Crippen molar-refractivity contribution in [2.75, 3.05) is 0 Å². The van der Waals surface area contributed by atoms with Gasteiger partial charge in [-0.3, -0.25) is 0 Å². The Hall–Kier alpha value is -2.02. The molecular formula is C16H15N. The molecule has 2 aromatic heterocycles. The molecule has 0 radical (unpaired) electrons. The fraction of sp³-hybridized carbons (Fsp3) is 0.125. The van der Waals surface area contributed by atoms with Crippen LogP contribution in [0.1, 0.15) is 12.5 Å². The molecule has 0 bridgehead atoms. The van der Waals surface area contributed by atoms with E-state index in [1.54, 1.807) is 0 Å². The highest BCUT2D eigenvalue weighted by atomic mass is 14.8. The SMILES string of the molecule is CCc1ccccc1-c1ccn2ccccc12. The minimum absolute atomic E-state index is 1.07. The number of pyridine rings is 1. The van der Waals surface area contributed by atoms with Gasteiger partial charge in [-0.05, 0) is 35.7 Å². The molecule has 1 heteroatoms. The number of rotatable bonds is 2. The summed E-state index contributed by atoms with van der Waals surface area (Å²) in [6.45, 7) is 2.21. The lowest BCUT2D eigenvalue weighted by Crippen LogP contribution is -1.87. The molecule has 17 heavy (non-hydrogen) atoms. The van der Waals surface area contributed by atoms with Crippen LogP contribution in [0.4, 0.5) is 0 Å². The maximum Gasteiger partial charge on any atom is 0.0528 e. The predicted octanol–water partition coefficient (Wildman–Crippen LogP) is 4.17. The quantitative estimate of drug-likeness (QED) is 0.612. The molecule has 84 valence electrons. The number of nitrogens with zero attached hydrogens (tertiary/aromatic N) is 1. The van der Waals surface area contributed by atoms with E-state index in [0.717, 1.165) is 6.42 Å². The van der Waals surface area contributed by atoms with Crippen LogP contribution < -0.4 is 0 Å². The van der Waals surface area contributed by atoms with Crippen LogP contribution in [-0.4, -0.2) is 4.40 Å². The van der Waals surface area contributed by atoms with Crippen LogP contribution in [0, 0.1) is 0 Å². The summed E-state index contributed by atoms with van der Waals surface area (Å²) in [7, 11) is 0. The van der Waals surface area contributed by atoms with Crippen molar-refractivity contribution in [2.24, 2.45) is 0 Å². The van der Waals surface area contributed by atoms with Crippen molar-refractivity contribution in [2.45, 2.75) is 13.3 Å². The number of hydrogen-bond donors (Lipinski definition) is 0. The van der Waals surface area contributed by atoms with Crippen LogP contribution in [0.5, 0.6) is 0 Å². The average molecular weight is 221 g/mol. The fourth-order valence-electron chi connectivity index (χ4n) is 2.37. The Morgan fingerprint density at radius 3 is 2.53 bits per heavy atom. The predicted molar refractivity (Wildman–Crippen MR) is 72.2 cm³/mol. The highest BCUT2D eigenvalue weighted by molar-refractivity contribution is 5.82. The Morgan fingerprint density at radius 1 is 0.824 bits per heavy atom. The summed E-state index contributed by atoms with van der Waals surface area (Å²) in [6.07, 6.45) is 5.28. The summed E-state index contributed by atoms with van der Waals surface area (Å²) in [6, 6.07) is 17.2. The maximum absolute atomic E-state index is 2.21. The molecule has 0 unspecified atom stereocenters. The first-order chi connectivity index (χ1) is 8.40. The third kappa shape index (κ3) is 1.64. The summed E-state index contributed by atoms with van der Waals surface area (Å²) < 4.78 is 2.17. The second kappa shape index (κ2) is 4.10. The van der Waals surface area contributed by atoms with Gasteiger partial charge in [0.1, 0.15) is 0 Å². The zero-order valence-electron chi connectivity index (χ0n) is 9.93. The molecular weight excluding hydrogens is 206 g/mol. The third-order valence-corrected chi connectivity index (χ3v) is 3.26. The Kier molecular flexibility index (Phi) is 2.45. The summed E-state index contributed by atoms with van der Waals surface area (Å²) in [5.74, 6) is 0. The highest BCUT2D eigenvalue weighted by Gasteiger charge is 2.07. The van der Waals surface area contributed by atoms with Crippen molar-refractivity contribution >= 4 is 5.52 Å². The molecule has 0 saturated heterocycles. The molecule has 0 amide bonds. The van der Waals surface area contributed by atoms with Gasteiger partial charge >= 0.3 is 0 Å². The van der Waals surface area contributed by atoms with E-state index < -0.39 is 0 Å². The van der Waals surface area contributed by atoms with Crippen molar-refractivity contribution in [3.8, 4) is 11.1 Å². The number of benzene rings is 1. The molecule has 2 heterocycles. The molecule has 0 atom stereocenters. The minimum atomic E-state index is 1.07. The summed E-state index contributed by atoms with van der Waals surface area (Å²) >= 11 is 0. The van der Waals surface area contributed by atoms with Gasteiger partial charge in [0.2, 0.25) is 0 Å². The fourth-order valence-corrected chi connectivity index (χ4v) is 2.37. The zero-order valence-corrected chi connectivity index (χ0v) is 9.93. The molecule has 3 aromatic rings. The first-order valence-electron chi connectivity index (χ1n) is 6.04. The van der Waals surface area contributed by atoms with Crippen LogP contribution in [0.15, 0.2) is 60.9 Å². The third-order valence-electron chi connectivity index (χ3n) is 3.26. The molecule has 0 aliphatic heterocycles. The largest absolute Gasteiger partial charge is 0.323 e. The van der Waals surface area contributed by atoms with Crippen LogP contribution in [-0.2, 0) is 6.42 Å². The molecule has 0 spiro atoms. The first kappa shape index (κ1) is 10.2. The molecule has 1 nitrogen and oxygen atoms in total. The molecule has 0 N–H and O–H groups in total. The molecule has 0 fully saturated rings. The second-order valence-corrected chi connectivity index (χ2v) is 4.23. The summed E-state index contributed by atoms with van der Waals surface area (Å²) in [5, 5.41) is 0. The van der Waals surface area contributed by atoms with Gasteiger partial charge in [-0.15, -0.1) is 0 Å². The Labute approximate surface area is 101 Å². The number of aryl methyl sites for hydroxylation is 1. The van der Waals surface area contributed by atoms with E-state index in [4.69, 9.17) is 0 Å². The van der Waals surface area contributed by atoms with Crippen LogP contribution in [0.3, 0.4) is 0 Å². The summed E-state index contributed by atoms with van der Waals surface area (Å²) in [4.78, 5) is 0. The van der Waals surface area contributed by atoms with Gasteiger partial charge in [-0.25, -0.2) is 0 Å². The molecule has 0 aliphatic carbocycles. The van der Waals surface area contributed by atoms with Crippen molar-refractivity contribution in [1.29, 1.82) is 0 Å². The Bertz CT molecular complexity index is 649. The van der Waals surface area contributed by atoms with Crippen molar-refractivity contribution < 1.29 is 0 Å². The van der Waals surface area contributed by atoms with Gasteiger partial charge in [0.05, 0.1) is 5.52 Å². The second-order valence-electron chi connectivity index (χ2n) is 4.23. The zero-order chi connectivity index (χ0) is 11.7. The first-order valence-corrected chi connectivity index (χ1v) is 6.04. The molecule has 3 rings (SSSR count).